The smallest absolute Gasteiger partial charge is 0.0544 e. The van der Waals surface area contributed by atoms with Gasteiger partial charge in [0.25, 0.3) is 0 Å². The fourth-order valence-electron chi connectivity index (χ4n) is 8.48. The molecule has 43 heavy (non-hydrogen) atoms. The summed E-state index contributed by atoms with van der Waals surface area (Å²) in [6.07, 6.45) is 0. The summed E-state index contributed by atoms with van der Waals surface area (Å²) in [5.74, 6) is 0. The lowest BCUT2D eigenvalue weighted by Gasteiger charge is -2.44. The maximum atomic E-state index is 2.55. The van der Waals surface area contributed by atoms with Gasteiger partial charge in [-0.05, 0) is 97.2 Å². The Hall–Kier alpha value is -4.10. The Morgan fingerprint density at radius 1 is 0.442 bits per heavy atom. The monoisotopic (exact) mass is 559 g/mol. The summed E-state index contributed by atoms with van der Waals surface area (Å²) in [6, 6.07) is 38.9. The number of nitrogens with zero attached hydrogens (tertiary/aromatic N) is 1. The molecule has 1 heteroatoms. The number of hydrogen-bond acceptors (Lipinski definition) is 0. The molecular formula is C42H41N. The van der Waals surface area contributed by atoms with Gasteiger partial charge in [-0.15, -0.1) is 0 Å². The minimum Gasteiger partial charge on any atom is -0.309 e. The molecule has 5 aromatic carbocycles. The molecule has 0 fully saturated rings. The third-order valence-corrected chi connectivity index (χ3v) is 12.3. The van der Waals surface area contributed by atoms with Gasteiger partial charge in [-0.1, -0.05) is 122 Å². The maximum Gasteiger partial charge on any atom is 0.0544 e. The number of aromatic nitrogens is 1. The molecule has 0 unspecified atom stereocenters. The molecule has 1 heterocycles. The predicted octanol–water partition coefficient (Wildman–Crippen LogP) is 11.4. The first-order valence-corrected chi connectivity index (χ1v) is 15.8. The quantitative estimate of drug-likeness (QED) is 0.199. The highest BCUT2D eigenvalue weighted by molar-refractivity contribution is 6.12. The van der Waals surface area contributed by atoms with Crippen LogP contribution in [0.15, 0.2) is 103 Å². The van der Waals surface area contributed by atoms with E-state index in [-0.39, 0.29) is 21.7 Å². The van der Waals surface area contributed by atoms with E-state index >= 15 is 0 Å². The van der Waals surface area contributed by atoms with E-state index in [1.165, 1.54) is 72.0 Å². The number of rotatable bonds is 2. The molecule has 0 N–H and O–H groups in total. The van der Waals surface area contributed by atoms with E-state index in [9.17, 15) is 0 Å². The lowest BCUT2D eigenvalue weighted by molar-refractivity contribution is 0.125. The summed E-state index contributed by atoms with van der Waals surface area (Å²) >= 11 is 0. The van der Waals surface area contributed by atoms with Gasteiger partial charge in [-0.25, -0.2) is 0 Å². The van der Waals surface area contributed by atoms with Gasteiger partial charge in [-0.2, -0.15) is 0 Å². The zero-order valence-electron chi connectivity index (χ0n) is 26.8. The highest BCUT2D eigenvalue weighted by Gasteiger charge is 2.57. The summed E-state index contributed by atoms with van der Waals surface area (Å²) in [4.78, 5) is 0. The molecule has 0 saturated heterocycles. The fourth-order valence-corrected chi connectivity index (χ4v) is 8.48. The van der Waals surface area contributed by atoms with Crippen molar-refractivity contribution in [1.82, 2.24) is 4.57 Å². The van der Waals surface area contributed by atoms with E-state index in [2.05, 4.69) is 163 Å². The minimum absolute atomic E-state index is 0.0376. The fraction of sp³-hybridized carbons (Fsp3) is 0.286. The topological polar surface area (TPSA) is 4.93 Å². The lowest BCUT2D eigenvalue weighted by Crippen LogP contribution is -2.42. The van der Waals surface area contributed by atoms with E-state index in [0.717, 1.165) is 0 Å². The van der Waals surface area contributed by atoms with Crippen LogP contribution in [0.2, 0.25) is 0 Å². The first-order chi connectivity index (χ1) is 20.4. The molecule has 0 saturated carbocycles. The van der Waals surface area contributed by atoms with Gasteiger partial charge in [0, 0.05) is 21.9 Å². The van der Waals surface area contributed by atoms with Gasteiger partial charge in [0.1, 0.15) is 0 Å². The average Bonchev–Trinajstić information content (AvgIpc) is 3.47. The molecule has 2 aliphatic carbocycles. The molecule has 0 amide bonds. The van der Waals surface area contributed by atoms with Crippen LogP contribution in [0.3, 0.4) is 0 Å². The number of fused-ring (bicyclic) bond motifs is 7. The Morgan fingerprint density at radius 2 is 1.02 bits per heavy atom. The van der Waals surface area contributed by atoms with Crippen molar-refractivity contribution < 1.29 is 0 Å². The molecule has 0 radical (unpaired) electrons. The zero-order valence-corrected chi connectivity index (χ0v) is 26.8. The average molecular weight is 560 g/mol. The Kier molecular flexibility index (Phi) is 5.11. The third kappa shape index (κ3) is 3.23. The standard InChI is InChI=1S/C42H41N/c1-39(2)33-20-13-12-19-29(33)30-22-31-32-23-35-36(41(5,6)42(7,8)40(35,3)4)25-38(32)43(37(31)24-34(30)39)28-18-14-17-27(21-28)26-15-10-9-11-16-26/h9-25H,1-8H3. The second-order valence-corrected chi connectivity index (χ2v) is 15.1. The highest BCUT2D eigenvalue weighted by Crippen LogP contribution is 2.62. The SMILES string of the molecule is CC1(C)c2ccccc2-c2cc3c4cc5c(cc4n(-c4cccc(-c6ccccc6)c4)c3cc21)C(C)(C)C(C)(C)C5(C)C. The van der Waals surface area contributed by atoms with Crippen LogP contribution in [0.25, 0.3) is 49.7 Å². The minimum atomic E-state index is -0.0525. The molecule has 0 atom stereocenters. The van der Waals surface area contributed by atoms with Gasteiger partial charge in [0.2, 0.25) is 0 Å². The van der Waals surface area contributed by atoms with Crippen LogP contribution in [0, 0.1) is 5.41 Å². The highest BCUT2D eigenvalue weighted by atomic mass is 15.0. The molecule has 0 bridgehead atoms. The summed E-state index contributed by atoms with van der Waals surface area (Å²) in [6.45, 7) is 19.5. The van der Waals surface area contributed by atoms with Crippen LogP contribution >= 0.6 is 0 Å². The van der Waals surface area contributed by atoms with Crippen molar-refractivity contribution in [2.45, 2.75) is 71.6 Å². The molecule has 214 valence electrons. The zero-order chi connectivity index (χ0) is 30.1. The largest absolute Gasteiger partial charge is 0.309 e. The molecule has 1 aromatic heterocycles. The Balaban J connectivity index is 1.51. The van der Waals surface area contributed by atoms with E-state index in [0.29, 0.717) is 0 Å². The van der Waals surface area contributed by atoms with Crippen LogP contribution in [0.4, 0.5) is 0 Å². The Bertz CT molecular complexity index is 2110. The third-order valence-electron chi connectivity index (χ3n) is 12.3. The molecular weight excluding hydrogens is 518 g/mol. The van der Waals surface area contributed by atoms with E-state index in [4.69, 9.17) is 0 Å². The Morgan fingerprint density at radius 3 is 1.74 bits per heavy atom. The van der Waals surface area contributed by atoms with Gasteiger partial charge < -0.3 is 4.57 Å². The van der Waals surface area contributed by atoms with Gasteiger partial charge in [0.15, 0.2) is 0 Å². The van der Waals surface area contributed by atoms with Crippen molar-refractivity contribution in [2.75, 3.05) is 0 Å². The van der Waals surface area contributed by atoms with Crippen molar-refractivity contribution in [2.24, 2.45) is 5.41 Å². The van der Waals surface area contributed by atoms with Gasteiger partial charge >= 0.3 is 0 Å². The van der Waals surface area contributed by atoms with Crippen LogP contribution in [0.5, 0.6) is 0 Å². The predicted molar refractivity (Wildman–Crippen MR) is 184 cm³/mol. The summed E-state index contributed by atoms with van der Waals surface area (Å²) in [5.41, 5.74) is 15.0. The summed E-state index contributed by atoms with van der Waals surface area (Å²) < 4.78 is 2.55. The van der Waals surface area contributed by atoms with Crippen LogP contribution in [-0.2, 0) is 16.2 Å². The molecule has 8 rings (SSSR count). The van der Waals surface area contributed by atoms with Crippen molar-refractivity contribution in [1.29, 1.82) is 0 Å². The van der Waals surface area contributed by atoms with Crippen LogP contribution in [0.1, 0.15) is 77.6 Å². The van der Waals surface area contributed by atoms with Crippen molar-refractivity contribution in [3.05, 3.63) is 125 Å². The van der Waals surface area contributed by atoms with Crippen molar-refractivity contribution >= 4 is 21.8 Å². The van der Waals surface area contributed by atoms with E-state index in [1.807, 2.05) is 0 Å². The molecule has 1 nitrogen and oxygen atoms in total. The van der Waals surface area contributed by atoms with Crippen molar-refractivity contribution in [3.8, 4) is 27.9 Å². The number of hydrogen-bond donors (Lipinski definition) is 0. The molecule has 0 aliphatic heterocycles. The van der Waals surface area contributed by atoms with Gasteiger partial charge in [0.05, 0.1) is 11.0 Å². The van der Waals surface area contributed by atoms with Crippen molar-refractivity contribution in [3.63, 3.8) is 0 Å². The molecule has 2 aliphatic rings. The Labute approximate surface area is 256 Å². The van der Waals surface area contributed by atoms with Crippen LogP contribution in [-0.4, -0.2) is 4.57 Å². The summed E-state index contributed by atoms with van der Waals surface area (Å²) in [7, 11) is 0. The van der Waals surface area contributed by atoms with E-state index in [1.54, 1.807) is 0 Å². The molecule has 0 spiro atoms. The summed E-state index contributed by atoms with van der Waals surface area (Å²) in [5, 5.41) is 2.69. The van der Waals surface area contributed by atoms with Gasteiger partial charge in [-0.3, -0.25) is 0 Å². The molecule has 6 aromatic rings. The van der Waals surface area contributed by atoms with Crippen LogP contribution < -0.4 is 0 Å². The van der Waals surface area contributed by atoms with E-state index < -0.39 is 0 Å². The lowest BCUT2D eigenvalue weighted by atomic mass is 9.59. The number of benzene rings is 5. The first-order valence-electron chi connectivity index (χ1n) is 15.8. The normalized spacial score (nSPS) is 18.5. The second kappa shape index (κ2) is 8.29. The second-order valence-electron chi connectivity index (χ2n) is 15.1. The maximum absolute atomic E-state index is 2.55. The first kappa shape index (κ1) is 26.5.